The number of methoxy groups -OCH3 is 1. The number of hydrogen-bond acceptors (Lipinski definition) is 8. The molecule has 0 saturated carbocycles. The smallest absolute Gasteiger partial charge is 0.340 e. The van der Waals surface area contributed by atoms with Crippen molar-refractivity contribution in [2.75, 3.05) is 18.2 Å². The Morgan fingerprint density at radius 2 is 2.18 bits per heavy atom. The van der Waals surface area contributed by atoms with Crippen molar-refractivity contribution >= 4 is 51.3 Å². The van der Waals surface area contributed by atoms with Crippen LogP contribution in [0.5, 0.6) is 0 Å². The van der Waals surface area contributed by atoms with Crippen molar-refractivity contribution in [1.82, 2.24) is 14.8 Å². The molecule has 0 unspecified atom stereocenters. The van der Waals surface area contributed by atoms with Crippen molar-refractivity contribution in [2.24, 2.45) is 0 Å². The van der Waals surface area contributed by atoms with E-state index in [0.717, 1.165) is 28.5 Å². The molecule has 10 heteroatoms. The first-order valence-electron chi connectivity index (χ1n) is 8.62. The molecule has 1 amide bonds. The number of thiophene rings is 2. The second kappa shape index (κ2) is 9.35. The highest BCUT2D eigenvalue weighted by Gasteiger charge is 2.19. The molecule has 0 aromatic carbocycles. The van der Waals surface area contributed by atoms with Crippen molar-refractivity contribution in [1.29, 1.82) is 0 Å². The van der Waals surface area contributed by atoms with Crippen LogP contribution in [0.25, 0.3) is 10.7 Å². The molecule has 0 fully saturated rings. The van der Waals surface area contributed by atoms with E-state index < -0.39 is 5.97 Å². The van der Waals surface area contributed by atoms with Crippen molar-refractivity contribution in [2.45, 2.75) is 32.0 Å². The van der Waals surface area contributed by atoms with Gasteiger partial charge in [0.2, 0.25) is 5.91 Å². The molecule has 0 aliphatic heterocycles. The van der Waals surface area contributed by atoms with E-state index in [9.17, 15) is 9.59 Å². The molecule has 0 spiro atoms. The number of carbonyl (C=O) groups excluding carboxylic acids is 2. The Kier molecular flexibility index (Phi) is 6.87. The Labute approximate surface area is 175 Å². The van der Waals surface area contributed by atoms with E-state index in [2.05, 4.69) is 22.4 Å². The number of aromatic nitrogens is 3. The number of esters is 1. The van der Waals surface area contributed by atoms with Crippen LogP contribution in [0.4, 0.5) is 5.00 Å². The molecule has 1 N–H and O–H groups in total. The molecular weight excluding hydrogens is 416 g/mol. The molecular formula is C18H20N4O3S3. The number of hydrogen-bond donors (Lipinski definition) is 1. The summed E-state index contributed by atoms with van der Waals surface area (Å²) in [6, 6.07) is 5.70. The molecule has 3 heterocycles. The molecule has 0 atom stereocenters. The number of amides is 1. The molecule has 7 nitrogen and oxygen atoms in total. The Morgan fingerprint density at radius 1 is 1.36 bits per heavy atom. The third-order valence-electron chi connectivity index (χ3n) is 3.75. The van der Waals surface area contributed by atoms with Crippen molar-refractivity contribution in [3.8, 4) is 10.7 Å². The highest BCUT2D eigenvalue weighted by molar-refractivity contribution is 7.99. The van der Waals surface area contributed by atoms with E-state index >= 15 is 0 Å². The van der Waals surface area contributed by atoms with Crippen LogP contribution in [0.2, 0.25) is 0 Å². The first-order chi connectivity index (χ1) is 13.5. The first-order valence-corrected chi connectivity index (χ1v) is 11.3. The number of carbonyl (C=O) groups is 2. The minimum Gasteiger partial charge on any atom is -0.465 e. The van der Waals surface area contributed by atoms with Gasteiger partial charge in [-0.25, -0.2) is 4.79 Å². The lowest BCUT2D eigenvalue weighted by molar-refractivity contribution is -0.113. The van der Waals surface area contributed by atoms with Gasteiger partial charge < -0.3 is 14.6 Å². The summed E-state index contributed by atoms with van der Waals surface area (Å²) in [5.41, 5.74) is 0.373. The lowest BCUT2D eigenvalue weighted by Gasteiger charge is -2.08. The number of nitrogens with zero attached hydrogens (tertiary/aromatic N) is 3. The number of thioether (sulfide) groups is 1. The molecule has 3 aromatic rings. The Hall–Kier alpha value is -2.17. The molecule has 28 heavy (non-hydrogen) atoms. The lowest BCUT2D eigenvalue weighted by Crippen LogP contribution is -2.16. The number of aryl methyl sites for hydroxylation is 1. The Morgan fingerprint density at radius 3 is 2.86 bits per heavy atom. The fourth-order valence-corrected chi connectivity index (χ4v) is 4.97. The Balaban J connectivity index is 1.69. The van der Waals surface area contributed by atoms with Gasteiger partial charge in [-0.3, -0.25) is 4.79 Å². The van der Waals surface area contributed by atoms with E-state index in [1.807, 2.05) is 29.0 Å². The average molecular weight is 437 g/mol. The SMILES string of the molecule is CCCn1c(SCC(=O)Nc2sc(C)cc2C(=O)OC)nnc1-c1cccs1. The van der Waals surface area contributed by atoms with Gasteiger partial charge >= 0.3 is 5.97 Å². The number of anilines is 1. The van der Waals surface area contributed by atoms with Crippen LogP contribution in [-0.4, -0.2) is 39.5 Å². The molecule has 3 rings (SSSR count). The molecule has 0 bridgehead atoms. The predicted molar refractivity (Wildman–Crippen MR) is 113 cm³/mol. The highest BCUT2D eigenvalue weighted by Crippen LogP contribution is 2.30. The zero-order valence-corrected chi connectivity index (χ0v) is 18.2. The summed E-state index contributed by atoms with van der Waals surface area (Å²) >= 11 is 4.29. The van der Waals surface area contributed by atoms with E-state index in [-0.39, 0.29) is 11.7 Å². The van der Waals surface area contributed by atoms with Gasteiger partial charge in [-0.15, -0.1) is 32.9 Å². The summed E-state index contributed by atoms with van der Waals surface area (Å²) in [4.78, 5) is 26.3. The van der Waals surface area contributed by atoms with Crippen LogP contribution >= 0.6 is 34.4 Å². The molecule has 148 valence electrons. The van der Waals surface area contributed by atoms with Crippen LogP contribution in [0.15, 0.2) is 28.7 Å². The molecule has 3 aromatic heterocycles. The minimum atomic E-state index is -0.462. The predicted octanol–water partition coefficient (Wildman–Crippen LogP) is 4.30. The van der Waals surface area contributed by atoms with Gasteiger partial charge in [-0.1, -0.05) is 24.8 Å². The van der Waals surface area contributed by atoms with Crippen LogP contribution in [0, 0.1) is 6.92 Å². The van der Waals surface area contributed by atoms with E-state index in [1.165, 1.54) is 30.2 Å². The van der Waals surface area contributed by atoms with Gasteiger partial charge in [0.05, 0.1) is 23.3 Å². The minimum absolute atomic E-state index is 0.170. The van der Waals surface area contributed by atoms with Crippen molar-refractivity contribution in [3.05, 3.63) is 34.0 Å². The molecule has 0 aliphatic carbocycles. The van der Waals surface area contributed by atoms with E-state index in [1.54, 1.807) is 17.4 Å². The quantitative estimate of drug-likeness (QED) is 0.418. The number of nitrogens with one attached hydrogen (secondary N) is 1. The summed E-state index contributed by atoms with van der Waals surface area (Å²) in [6.45, 7) is 4.74. The second-order valence-electron chi connectivity index (χ2n) is 5.86. The summed E-state index contributed by atoms with van der Waals surface area (Å²) in [5, 5.41) is 14.6. The maximum absolute atomic E-state index is 12.4. The fraction of sp³-hybridized carbons (Fsp3) is 0.333. The van der Waals surface area contributed by atoms with Gasteiger partial charge in [0.25, 0.3) is 0 Å². The van der Waals surface area contributed by atoms with Gasteiger partial charge in [-0.2, -0.15) is 0 Å². The van der Waals surface area contributed by atoms with E-state index in [0.29, 0.717) is 15.7 Å². The van der Waals surface area contributed by atoms with Gasteiger partial charge in [0.1, 0.15) is 5.00 Å². The van der Waals surface area contributed by atoms with Gasteiger partial charge in [0.15, 0.2) is 11.0 Å². The molecule has 0 saturated heterocycles. The first kappa shape index (κ1) is 20.6. The van der Waals surface area contributed by atoms with Gasteiger partial charge in [0, 0.05) is 11.4 Å². The molecule has 0 radical (unpaired) electrons. The largest absolute Gasteiger partial charge is 0.465 e. The molecule has 0 aliphatic rings. The maximum atomic E-state index is 12.4. The van der Waals surface area contributed by atoms with Crippen molar-refractivity contribution < 1.29 is 14.3 Å². The van der Waals surface area contributed by atoms with Crippen molar-refractivity contribution in [3.63, 3.8) is 0 Å². The highest BCUT2D eigenvalue weighted by atomic mass is 32.2. The van der Waals surface area contributed by atoms with Crippen LogP contribution in [0.1, 0.15) is 28.6 Å². The maximum Gasteiger partial charge on any atom is 0.340 e. The third-order valence-corrected chi connectivity index (χ3v) is 6.55. The summed E-state index contributed by atoms with van der Waals surface area (Å²) < 4.78 is 6.81. The van der Waals surface area contributed by atoms with Crippen LogP contribution in [-0.2, 0) is 16.1 Å². The summed E-state index contributed by atoms with van der Waals surface area (Å²) in [6.07, 6.45) is 0.938. The summed E-state index contributed by atoms with van der Waals surface area (Å²) in [7, 11) is 1.32. The normalized spacial score (nSPS) is 10.8. The zero-order valence-electron chi connectivity index (χ0n) is 15.7. The third kappa shape index (κ3) is 4.62. The van der Waals surface area contributed by atoms with Gasteiger partial charge in [-0.05, 0) is 30.9 Å². The van der Waals surface area contributed by atoms with Crippen LogP contribution < -0.4 is 5.32 Å². The lowest BCUT2D eigenvalue weighted by atomic mass is 10.3. The fourth-order valence-electron chi connectivity index (χ4n) is 2.57. The zero-order chi connectivity index (χ0) is 20.1. The second-order valence-corrected chi connectivity index (χ2v) is 9.01. The monoisotopic (exact) mass is 436 g/mol. The average Bonchev–Trinajstić information content (AvgIpc) is 3.40. The topological polar surface area (TPSA) is 86.1 Å². The Bertz CT molecular complexity index is 963. The standard InChI is InChI=1S/C18H20N4O3S3/c1-4-7-22-15(13-6-5-8-26-13)20-21-18(22)27-10-14(23)19-16-12(17(24)25-3)9-11(2)28-16/h5-6,8-9H,4,7,10H2,1-3H3,(H,19,23). The number of rotatable bonds is 8. The van der Waals surface area contributed by atoms with E-state index in [4.69, 9.17) is 4.74 Å². The number of ether oxygens (including phenoxy) is 1. The van der Waals surface area contributed by atoms with Crippen LogP contribution in [0.3, 0.4) is 0 Å². The summed E-state index contributed by atoms with van der Waals surface area (Å²) in [5.74, 6) is 0.321.